The molecule has 1 amide bonds. The van der Waals surface area contributed by atoms with Gasteiger partial charge in [0.25, 0.3) is 11.6 Å². The second kappa shape index (κ2) is 3.31. The molecule has 0 saturated carbocycles. The van der Waals surface area contributed by atoms with E-state index in [0.717, 1.165) is 5.69 Å². The van der Waals surface area contributed by atoms with Crippen LogP contribution in [0.15, 0.2) is 36.9 Å². The van der Waals surface area contributed by atoms with Gasteiger partial charge >= 0.3 is 0 Å². The van der Waals surface area contributed by atoms with Crippen molar-refractivity contribution in [3.05, 3.63) is 36.9 Å². The van der Waals surface area contributed by atoms with E-state index < -0.39 is 11.6 Å². The molecule has 0 fully saturated rings. The lowest BCUT2D eigenvalue weighted by atomic mass is 10.1. The van der Waals surface area contributed by atoms with Crippen molar-refractivity contribution in [1.29, 1.82) is 0 Å². The second-order valence-corrected chi connectivity index (χ2v) is 3.41. The first kappa shape index (κ1) is 9.58. The number of amides is 1. The number of para-hydroxylation sites is 2. The molecule has 4 nitrogen and oxygen atoms in total. The number of anilines is 1. The predicted molar refractivity (Wildman–Crippen MR) is 57.4 cm³/mol. The number of carbonyl (C=O) groups is 1. The molecule has 15 heavy (non-hydrogen) atoms. The molecule has 1 aromatic carbocycles. The van der Waals surface area contributed by atoms with E-state index in [1.807, 2.05) is 18.2 Å². The third-order valence-electron chi connectivity index (χ3n) is 2.34. The standard InChI is InChI=1S/C11H12N2O2/c1-2-7-11(10(12)14)13-8-5-3-4-6-9(8)15-11/h2-6,13H,1,7H2,(H2,12,14). The molecule has 0 bridgehead atoms. The highest BCUT2D eigenvalue weighted by atomic mass is 16.5. The lowest BCUT2D eigenvalue weighted by Crippen LogP contribution is -2.52. The quantitative estimate of drug-likeness (QED) is 0.728. The highest BCUT2D eigenvalue weighted by Gasteiger charge is 2.43. The number of hydrogen-bond donors (Lipinski definition) is 2. The molecule has 78 valence electrons. The average Bonchev–Trinajstić information content (AvgIpc) is 2.57. The highest BCUT2D eigenvalue weighted by molar-refractivity contribution is 5.89. The van der Waals surface area contributed by atoms with E-state index in [-0.39, 0.29) is 0 Å². The predicted octanol–water partition coefficient (Wildman–Crippen LogP) is 1.25. The Morgan fingerprint density at radius 2 is 2.33 bits per heavy atom. The molecular weight excluding hydrogens is 192 g/mol. The van der Waals surface area contributed by atoms with Crippen molar-refractivity contribution in [2.24, 2.45) is 5.73 Å². The normalized spacial score (nSPS) is 22.4. The van der Waals surface area contributed by atoms with Gasteiger partial charge < -0.3 is 15.8 Å². The summed E-state index contributed by atoms with van der Waals surface area (Å²) < 4.78 is 5.54. The summed E-state index contributed by atoms with van der Waals surface area (Å²) in [5, 5.41) is 2.98. The van der Waals surface area contributed by atoms with Crippen LogP contribution in [0.2, 0.25) is 0 Å². The Kier molecular flexibility index (Phi) is 2.11. The molecule has 0 radical (unpaired) electrons. The molecule has 1 aliphatic heterocycles. The molecule has 1 unspecified atom stereocenters. The molecule has 1 aromatic rings. The second-order valence-electron chi connectivity index (χ2n) is 3.41. The first-order chi connectivity index (χ1) is 7.18. The fourth-order valence-corrected chi connectivity index (χ4v) is 1.60. The van der Waals surface area contributed by atoms with Gasteiger partial charge in [0.2, 0.25) is 0 Å². The Bertz CT molecular complexity index is 390. The maximum absolute atomic E-state index is 11.4. The van der Waals surface area contributed by atoms with Gasteiger partial charge in [-0.1, -0.05) is 18.2 Å². The van der Waals surface area contributed by atoms with Crippen LogP contribution in [0, 0.1) is 0 Å². The van der Waals surface area contributed by atoms with Crippen molar-refractivity contribution in [2.45, 2.75) is 12.1 Å². The molecule has 0 aromatic heterocycles. The smallest absolute Gasteiger partial charge is 0.283 e. The number of nitrogens with one attached hydrogen (secondary N) is 1. The number of carbonyl (C=O) groups excluding carboxylic acids is 1. The first-order valence-electron chi connectivity index (χ1n) is 4.65. The van der Waals surface area contributed by atoms with Gasteiger partial charge in [0.05, 0.1) is 5.69 Å². The summed E-state index contributed by atoms with van der Waals surface area (Å²) in [7, 11) is 0. The summed E-state index contributed by atoms with van der Waals surface area (Å²) in [6, 6.07) is 7.32. The SMILES string of the molecule is C=CCC1(C(N)=O)Nc2ccccc2O1. The van der Waals surface area contributed by atoms with Gasteiger partial charge in [-0.05, 0) is 12.1 Å². The fraction of sp³-hybridized carbons (Fsp3) is 0.182. The highest BCUT2D eigenvalue weighted by Crippen LogP contribution is 2.37. The average molecular weight is 204 g/mol. The summed E-state index contributed by atoms with van der Waals surface area (Å²) in [6.45, 7) is 3.59. The van der Waals surface area contributed by atoms with E-state index in [4.69, 9.17) is 10.5 Å². The van der Waals surface area contributed by atoms with E-state index in [1.54, 1.807) is 12.1 Å². The lowest BCUT2D eigenvalue weighted by Gasteiger charge is -2.23. The monoisotopic (exact) mass is 204 g/mol. The summed E-state index contributed by atoms with van der Waals surface area (Å²) >= 11 is 0. The molecule has 1 atom stereocenters. The van der Waals surface area contributed by atoms with Crippen LogP contribution < -0.4 is 15.8 Å². The van der Waals surface area contributed by atoms with E-state index in [0.29, 0.717) is 12.2 Å². The van der Waals surface area contributed by atoms with Crippen LogP contribution in [0.25, 0.3) is 0 Å². The Labute approximate surface area is 87.7 Å². The van der Waals surface area contributed by atoms with Crippen LogP contribution in [0.5, 0.6) is 5.75 Å². The number of rotatable bonds is 3. The van der Waals surface area contributed by atoms with Gasteiger partial charge in [-0.3, -0.25) is 4.79 Å². The maximum atomic E-state index is 11.4. The zero-order valence-corrected chi connectivity index (χ0v) is 8.19. The summed E-state index contributed by atoms with van der Waals surface area (Å²) in [5.74, 6) is 0.0942. The van der Waals surface area contributed by atoms with Crippen LogP contribution in [0.1, 0.15) is 6.42 Å². The van der Waals surface area contributed by atoms with Gasteiger partial charge in [-0.15, -0.1) is 6.58 Å². The van der Waals surface area contributed by atoms with E-state index in [1.165, 1.54) is 0 Å². The maximum Gasteiger partial charge on any atom is 0.283 e. The number of benzene rings is 1. The van der Waals surface area contributed by atoms with Crippen molar-refractivity contribution in [1.82, 2.24) is 0 Å². The minimum absolute atomic E-state index is 0.330. The van der Waals surface area contributed by atoms with E-state index in [9.17, 15) is 4.79 Å². The zero-order valence-electron chi connectivity index (χ0n) is 8.19. The van der Waals surface area contributed by atoms with Gasteiger partial charge in [-0.25, -0.2) is 0 Å². The Morgan fingerprint density at radius 1 is 1.60 bits per heavy atom. The summed E-state index contributed by atoms with van der Waals surface area (Å²) in [4.78, 5) is 11.4. The van der Waals surface area contributed by atoms with Crippen LogP contribution in [-0.2, 0) is 4.79 Å². The van der Waals surface area contributed by atoms with Crippen LogP contribution in [0.4, 0.5) is 5.69 Å². The number of nitrogens with two attached hydrogens (primary N) is 1. The third-order valence-corrected chi connectivity index (χ3v) is 2.34. The molecule has 1 aliphatic rings. The van der Waals surface area contributed by atoms with E-state index in [2.05, 4.69) is 11.9 Å². The van der Waals surface area contributed by atoms with Crippen molar-refractivity contribution in [3.8, 4) is 5.75 Å². The number of primary amides is 1. The Morgan fingerprint density at radius 3 is 2.93 bits per heavy atom. The van der Waals surface area contributed by atoms with Crippen LogP contribution in [0.3, 0.4) is 0 Å². The largest absolute Gasteiger partial charge is 0.456 e. The lowest BCUT2D eigenvalue weighted by molar-refractivity contribution is -0.130. The van der Waals surface area contributed by atoms with Gasteiger partial charge in [0, 0.05) is 6.42 Å². The van der Waals surface area contributed by atoms with E-state index >= 15 is 0 Å². The minimum atomic E-state index is -1.18. The van der Waals surface area contributed by atoms with Gasteiger partial charge in [0.15, 0.2) is 0 Å². The molecule has 3 N–H and O–H groups in total. The number of hydrogen-bond acceptors (Lipinski definition) is 3. The summed E-state index contributed by atoms with van der Waals surface area (Å²) in [6.07, 6.45) is 1.93. The zero-order chi connectivity index (χ0) is 10.9. The molecular formula is C11H12N2O2. The molecule has 0 aliphatic carbocycles. The topological polar surface area (TPSA) is 64.4 Å². The number of ether oxygens (including phenoxy) is 1. The molecule has 2 rings (SSSR count). The van der Waals surface area contributed by atoms with Crippen molar-refractivity contribution < 1.29 is 9.53 Å². The van der Waals surface area contributed by atoms with Crippen molar-refractivity contribution in [3.63, 3.8) is 0 Å². The van der Waals surface area contributed by atoms with Crippen molar-refractivity contribution in [2.75, 3.05) is 5.32 Å². The molecule has 0 saturated heterocycles. The van der Waals surface area contributed by atoms with Gasteiger partial charge in [-0.2, -0.15) is 0 Å². The first-order valence-corrected chi connectivity index (χ1v) is 4.65. The van der Waals surface area contributed by atoms with Crippen molar-refractivity contribution >= 4 is 11.6 Å². The molecule has 1 heterocycles. The molecule has 4 heteroatoms. The Balaban J connectivity index is 2.36. The van der Waals surface area contributed by atoms with Crippen LogP contribution in [-0.4, -0.2) is 11.6 Å². The summed E-state index contributed by atoms with van der Waals surface area (Å²) in [5.41, 5.74) is 4.92. The minimum Gasteiger partial charge on any atom is -0.456 e. The molecule has 0 spiro atoms. The number of fused-ring (bicyclic) bond motifs is 1. The van der Waals surface area contributed by atoms with Gasteiger partial charge in [0.1, 0.15) is 5.75 Å². The Hall–Kier alpha value is -1.97. The fourth-order valence-electron chi connectivity index (χ4n) is 1.60. The third kappa shape index (κ3) is 1.44. The van der Waals surface area contributed by atoms with Crippen LogP contribution >= 0.6 is 0 Å².